The van der Waals surface area contributed by atoms with E-state index < -0.39 is 29.2 Å². The van der Waals surface area contributed by atoms with Crippen molar-refractivity contribution in [3.63, 3.8) is 0 Å². The molecule has 3 N–H and O–H groups in total. The molecule has 0 saturated carbocycles. The molecule has 9 heteroatoms. The SMILES string of the molecule is C=CC(=O)CCC(O)(CCC(=O)C=C)Cn1c(=O)[nH]c(=O)[nH]c1=O. The maximum atomic E-state index is 11.7. The number of hydrogen-bond donors (Lipinski definition) is 3. The highest BCUT2D eigenvalue weighted by molar-refractivity contribution is 5.89. The van der Waals surface area contributed by atoms with Gasteiger partial charge in [0.25, 0.3) is 0 Å². The summed E-state index contributed by atoms with van der Waals surface area (Å²) in [4.78, 5) is 61.0. The van der Waals surface area contributed by atoms with Gasteiger partial charge in [-0.3, -0.25) is 19.6 Å². The topological polar surface area (TPSA) is 142 Å². The Morgan fingerprint density at radius 2 is 1.42 bits per heavy atom. The zero-order valence-electron chi connectivity index (χ0n) is 13.0. The van der Waals surface area contributed by atoms with Crippen LogP contribution in [-0.2, 0) is 16.1 Å². The van der Waals surface area contributed by atoms with Gasteiger partial charge in [-0.05, 0) is 25.0 Å². The summed E-state index contributed by atoms with van der Waals surface area (Å²) in [5, 5.41) is 10.7. The molecule has 0 unspecified atom stereocenters. The molecule has 130 valence electrons. The van der Waals surface area contributed by atoms with E-state index in [-0.39, 0.29) is 37.2 Å². The van der Waals surface area contributed by atoms with Crippen molar-refractivity contribution in [3.8, 4) is 0 Å². The molecule has 0 amide bonds. The summed E-state index contributed by atoms with van der Waals surface area (Å²) in [6.45, 7) is 6.17. The van der Waals surface area contributed by atoms with Crippen molar-refractivity contribution < 1.29 is 14.7 Å². The summed E-state index contributed by atoms with van der Waals surface area (Å²) in [5.41, 5.74) is -4.63. The molecule has 0 spiro atoms. The Labute approximate surface area is 136 Å². The first kappa shape index (κ1) is 19.2. The molecule has 0 aliphatic carbocycles. The van der Waals surface area contributed by atoms with E-state index in [4.69, 9.17) is 0 Å². The average molecular weight is 337 g/mol. The van der Waals surface area contributed by atoms with Gasteiger partial charge in [0.1, 0.15) is 0 Å². The Kier molecular flexibility index (Phi) is 6.54. The van der Waals surface area contributed by atoms with E-state index in [1.165, 1.54) is 0 Å². The number of nitrogens with zero attached hydrogens (tertiary/aromatic N) is 1. The van der Waals surface area contributed by atoms with E-state index in [9.17, 15) is 29.1 Å². The lowest BCUT2D eigenvalue weighted by Crippen LogP contribution is -2.49. The maximum absolute atomic E-state index is 11.7. The number of carbonyl (C=O) groups excluding carboxylic acids is 2. The van der Waals surface area contributed by atoms with Crippen LogP contribution in [0.5, 0.6) is 0 Å². The molecule has 0 aliphatic rings. The van der Waals surface area contributed by atoms with Gasteiger partial charge in [0.15, 0.2) is 11.6 Å². The van der Waals surface area contributed by atoms with Crippen molar-refractivity contribution >= 4 is 11.6 Å². The van der Waals surface area contributed by atoms with Gasteiger partial charge in [-0.2, -0.15) is 0 Å². The third kappa shape index (κ3) is 5.43. The molecule has 1 heterocycles. The molecule has 0 saturated heterocycles. The summed E-state index contributed by atoms with van der Waals surface area (Å²) in [6, 6.07) is 0. The molecule has 24 heavy (non-hydrogen) atoms. The number of ketones is 2. The van der Waals surface area contributed by atoms with Crippen LogP contribution in [0.1, 0.15) is 25.7 Å². The summed E-state index contributed by atoms with van der Waals surface area (Å²) in [6.07, 6.45) is 1.86. The van der Waals surface area contributed by atoms with Gasteiger partial charge < -0.3 is 5.11 Å². The molecule has 9 nitrogen and oxygen atoms in total. The van der Waals surface area contributed by atoms with Crippen molar-refractivity contribution in [1.29, 1.82) is 0 Å². The molecule has 1 aromatic rings. The Hall–Kier alpha value is -2.81. The van der Waals surface area contributed by atoms with E-state index in [1.54, 1.807) is 0 Å². The second-order valence-electron chi connectivity index (χ2n) is 5.34. The zero-order chi connectivity index (χ0) is 18.3. The number of aliphatic hydroxyl groups is 1. The van der Waals surface area contributed by atoms with E-state index in [0.717, 1.165) is 12.2 Å². The van der Waals surface area contributed by atoms with Gasteiger partial charge in [0.05, 0.1) is 12.1 Å². The monoisotopic (exact) mass is 337 g/mol. The molecule has 0 bridgehead atoms. The predicted octanol–water partition coefficient (Wildman–Crippen LogP) is -0.973. The molecule has 0 aromatic carbocycles. The van der Waals surface area contributed by atoms with Gasteiger partial charge in [-0.15, -0.1) is 0 Å². The largest absolute Gasteiger partial charge is 0.388 e. The fourth-order valence-electron chi connectivity index (χ4n) is 2.09. The minimum absolute atomic E-state index is 0.0711. The summed E-state index contributed by atoms with van der Waals surface area (Å²) in [7, 11) is 0. The lowest BCUT2D eigenvalue weighted by molar-refractivity contribution is -0.117. The lowest BCUT2D eigenvalue weighted by Gasteiger charge is -2.27. The van der Waals surface area contributed by atoms with Gasteiger partial charge in [0, 0.05) is 12.8 Å². The Morgan fingerprint density at radius 3 is 1.79 bits per heavy atom. The standard InChI is InChI=1S/C15H19N3O6/c1-3-10(19)5-7-15(24,8-6-11(20)4-2)9-18-13(22)16-12(21)17-14(18)23/h3-4,24H,1-2,5-9H2,(H2,16,17,21,22,23). The molecule has 1 rings (SSSR count). The zero-order valence-corrected chi connectivity index (χ0v) is 13.0. The molecule has 1 aromatic heterocycles. The first-order valence-corrected chi connectivity index (χ1v) is 7.17. The highest BCUT2D eigenvalue weighted by Gasteiger charge is 2.30. The molecule has 0 atom stereocenters. The van der Waals surface area contributed by atoms with Crippen LogP contribution in [0.2, 0.25) is 0 Å². The first-order valence-electron chi connectivity index (χ1n) is 7.17. The van der Waals surface area contributed by atoms with Crippen molar-refractivity contribution in [1.82, 2.24) is 14.5 Å². The maximum Gasteiger partial charge on any atom is 0.333 e. The van der Waals surface area contributed by atoms with Gasteiger partial charge in [-0.25, -0.2) is 19.0 Å². The normalized spacial score (nSPS) is 11.0. The number of hydrogen-bond acceptors (Lipinski definition) is 6. The Morgan fingerprint density at radius 1 is 1.00 bits per heavy atom. The quantitative estimate of drug-likeness (QED) is 0.469. The number of H-pyrrole nitrogens is 2. The average Bonchev–Trinajstić information content (AvgIpc) is 2.54. The first-order chi connectivity index (χ1) is 11.2. The van der Waals surface area contributed by atoms with E-state index in [1.807, 2.05) is 9.97 Å². The van der Waals surface area contributed by atoms with E-state index >= 15 is 0 Å². The number of nitrogens with one attached hydrogen (secondary N) is 2. The van der Waals surface area contributed by atoms with Crippen LogP contribution in [0.4, 0.5) is 0 Å². The van der Waals surface area contributed by atoms with Crippen LogP contribution >= 0.6 is 0 Å². The van der Waals surface area contributed by atoms with Crippen molar-refractivity contribution in [2.75, 3.05) is 0 Å². The Balaban J connectivity index is 3.10. The van der Waals surface area contributed by atoms with Crippen molar-refractivity contribution in [2.24, 2.45) is 0 Å². The van der Waals surface area contributed by atoms with Crippen molar-refractivity contribution in [3.05, 3.63) is 56.8 Å². The highest BCUT2D eigenvalue weighted by Crippen LogP contribution is 2.22. The van der Waals surface area contributed by atoms with Crippen LogP contribution < -0.4 is 17.1 Å². The van der Waals surface area contributed by atoms with Crippen LogP contribution in [-0.4, -0.2) is 36.8 Å². The van der Waals surface area contributed by atoms with E-state index in [2.05, 4.69) is 13.2 Å². The van der Waals surface area contributed by atoms with Crippen LogP contribution in [0.3, 0.4) is 0 Å². The van der Waals surface area contributed by atoms with Crippen LogP contribution in [0.25, 0.3) is 0 Å². The number of aromatic nitrogens is 3. The van der Waals surface area contributed by atoms with Crippen molar-refractivity contribution in [2.45, 2.75) is 37.8 Å². The van der Waals surface area contributed by atoms with Crippen LogP contribution in [0.15, 0.2) is 39.7 Å². The molecule has 0 aliphatic heterocycles. The smallest absolute Gasteiger partial charge is 0.333 e. The number of allylic oxidation sites excluding steroid dienone is 2. The fraction of sp³-hybridized carbons (Fsp3) is 0.400. The lowest BCUT2D eigenvalue weighted by atomic mass is 9.90. The number of rotatable bonds is 10. The van der Waals surface area contributed by atoms with Gasteiger partial charge in [0.2, 0.25) is 0 Å². The summed E-state index contributed by atoms with van der Waals surface area (Å²) >= 11 is 0. The minimum atomic E-state index is -1.67. The molecular formula is C15H19N3O6. The molecule has 0 radical (unpaired) electrons. The molecule has 0 fully saturated rings. The second kappa shape index (κ2) is 8.16. The number of carbonyl (C=O) groups is 2. The fourth-order valence-corrected chi connectivity index (χ4v) is 2.09. The van der Waals surface area contributed by atoms with E-state index in [0.29, 0.717) is 4.57 Å². The second-order valence-corrected chi connectivity index (χ2v) is 5.34. The highest BCUT2D eigenvalue weighted by atomic mass is 16.3. The van der Waals surface area contributed by atoms with Gasteiger partial charge in [-0.1, -0.05) is 13.2 Å². The summed E-state index contributed by atoms with van der Waals surface area (Å²) in [5.74, 6) is -0.655. The third-order valence-corrected chi connectivity index (χ3v) is 3.51. The minimum Gasteiger partial charge on any atom is -0.388 e. The Bertz CT molecular complexity index is 755. The van der Waals surface area contributed by atoms with Crippen LogP contribution in [0, 0.1) is 0 Å². The van der Waals surface area contributed by atoms with Gasteiger partial charge >= 0.3 is 17.1 Å². The molecular weight excluding hydrogens is 318 g/mol. The number of aromatic amines is 2. The third-order valence-electron chi connectivity index (χ3n) is 3.51. The predicted molar refractivity (Wildman–Crippen MR) is 85.8 cm³/mol. The summed E-state index contributed by atoms with van der Waals surface area (Å²) < 4.78 is 0.609.